The molecule has 0 bridgehead atoms. The lowest BCUT2D eigenvalue weighted by Gasteiger charge is -2.44. The van der Waals surface area contributed by atoms with Crippen molar-refractivity contribution in [3.63, 3.8) is 0 Å². The molecular weight excluding hydrogens is 530 g/mol. The topological polar surface area (TPSA) is 161 Å². The second-order valence-electron chi connectivity index (χ2n) is 9.20. The van der Waals surface area contributed by atoms with Gasteiger partial charge in [0.1, 0.15) is 12.7 Å². The molecule has 5 atom stereocenters. The molecule has 13 heteroatoms. The summed E-state index contributed by atoms with van der Waals surface area (Å²) in [5, 5.41) is 0. The highest BCUT2D eigenvalue weighted by Crippen LogP contribution is 2.30. The largest absolute Gasteiger partial charge is 0.463 e. The Hall–Kier alpha value is -4.10. The van der Waals surface area contributed by atoms with Gasteiger partial charge in [0.25, 0.3) is 11.8 Å². The van der Waals surface area contributed by atoms with Crippen molar-refractivity contribution in [1.29, 1.82) is 0 Å². The second kappa shape index (κ2) is 13.3. The van der Waals surface area contributed by atoms with Gasteiger partial charge in [-0.2, -0.15) is 0 Å². The standard InChI is InChI=1S/C27H31NO12/c1-14(10-11-28-25(33)19-8-6-7-9-20(19)26(28)34)12-36-27-24(39-18(5)32)23(38-17(4)31)22(37-16(3)30)21(40-27)13-35-15(2)29/h6-10,21-24,27H,11-13H2,1-5H3/b14-10+/t21-,22-,23+,24-,27-/m1/s1. The fourth-order valence-electron chi connectivity index (χ4n) is 4.25. The smallest absolute Gasteiger partial charge is 0.303 e. The number of nitrogens with zero attached hydrogens (tertiary/aromatic N) is 1. The molecule has 40 heavy (non-hydrogen) atoms. The molecule has 1 saturated heterocycles. The van der Waals surface area contributed by atoms with Crippen LogP contribution in [0.2, 0.25) is 0 Å². The van der Waals surface area contributed by atoms with Crippen LogP contribution in [0.3, 0.4) is 0 Å². The zero-order valence-corrected chi connectivity index (χ0v) is 22.7. The lowest BCUT2D eigenvalue weighted by Crippen LogP contribution is -2.63. The van der Waals surface area contributed by atoms with Crippen molar-refractivity contribution < 1.29 is 57.2 Å². The Kier molecular flexibility index (Phi) is 10.1. The summed E-state index contributed by atoms with van der Waals surface area (Å²) < 4.78 is 32.8. The van der Waals surface area contributed by atoms with E-state index in [2.05, 4.69) is 0 Å². The summed E-state index contributed by atoms with van der Waals surface area (Å²) in [6.45, 7) is 5.72. The highest BCUT2D eigenvalue weighted by Gasteiger charge is 2.52. The quantitative estimate of drug-likeness (QED) is 0.175. The Morgan fingerprint density at radius 1 is 0.800 bits per heavy atom. The number of ether oxygens (including phenoxy) is 6. The molecule has 2 heterocycles. The predicted octanol–water partition coefficient (Wildman–Crippen LogP) is 1.33. The maximum atomic E-state index is 12.6. The fraction of sp³-hybridized carbons (Fsp3) is 0.481. The van der Waals surface area contributed by atoms with Crippen molar-refractivity contribution in [2.45, 2.75) is 65.3 Å². The van der Waals surface area contributed by atoms with Crippen LogP contribution in [0, 0.1) is 0 Å². The van der Waals surface area contributed by atoms with Crippen LogP contribution in [-0.2, 0) is 47.6 Å². The number of benzene rings is 1. The molecule has 3 rings (SSSR count). The maximum absolute atomic E-state index is 12.6. The number of hydrogen-bond donors (Lipinski definition) is 0. The molecule has 1 aromatic rings. The normalized spacial score (nSPS) is 24.3. The van der Waals surface area contributed by atoms with Gasteiger partial charge in [0.05, 0.1) is 17.7 Å². The zero-order valence-electron chi connectivity index (χ0n) is 22.7. The summed E-state index contributed by atoms with van der Waals surface area (Å²) in [6, 6.07) is 6.52. The molecule has 0 unspecified atom stereocenters. The average molecular weight is 562 g/mol. The molecule has 0 aliphatic carbocycles. The highest BCUT2D eigenvalue weighted by atomic mass is 16.7. The van der Waals surface area contributed by atoms with E-state index in [4.69, 9.17) is 28.4 Å². The number of amides is 2. The first-order valence-corrected chi connectivity index (χ1v) is 12.4. The van der Waals surface area contributed by atoms with Crippen LogP contribution in [0.5, 0.6) is 0 Å². The molecule has 13 nitrogen and oxygen atoms in total. The monoisotopic (exact) mass is 561 g/mol. The Labute approximate surface area is 230 Å². The third-order valence-corrected chi connectivity index (χ3v) is 5.92. The van der Waals surface area contributed by atoms with Crippen LogP contribution in [-0.4, -0.2) is 91.1 Å². The van der Waals surface area contributed by atoms with E-state index >= 15 is 0 Å². The summed E-state index contributed by atoms with van der Waals surface area (Å²) in [5.41, 5.74) is 1.24. The highest BCUT2D eigenvalue weighted by molar-refractivity contribution is 6.21. The molecule has 2 aliphatic heterocycles. The predicted molar refractivity (Wildman–Crippen MR) is 133 cm³/mol. The maximum Gasteiger partial charge on any atom is 0.303 e. The van der Waals surface area contributed by atoms with Crippen LogP contribution in [0.4, 0.5) is 0 Å². The molecule has 0 radical (unpaired) electrons. The lowest BCUT2D eigenvalue weighted by atomic mass is 9.98. The van der Waals surface area contributed by atoms with E-state index in [-0.39, 0.29) is 19.8 Å². The van der Waals surface area contributed by atoms with Crippen LogP contribution in [0.1, 0.15) is 55.3 Å². The molecule has 0 aromatic heterocycles. The molecule has 0 spiro atoms. The Morgan fingerprint density at radius 3 is 1.85 bits per heavy atom. The minimum atomic E-state index is -1.36. The van der Waals surface area contributed by atoms with Gasteiger partial charge in [-0.25, -0.2) is 0 Å². The van der Waals surface area contributed by atoms with Crippen LogP contribution < -0.4 is 0 Å². The number of esters is 4. The van der Waals surface area contributed by atoms with Crippen molar-refractivity contribution >= 4 is 35.7 Å². The van der Waals surface area contributed by atoms with Gasteiger partial charge in [-0.05, 0) is 24.6 Å². The van der Waals surface area contributed by atoms with Gasteiger partial charge >= 0.3 is 23.9 Å². The first-order valence-electron chi connectivity index (χ1n) is 12.4. The number of imide groups is 1. The Morgan fingerprint density at radius 2 is 1.32 bits per heavy atom. The van der Waals surface area contributed by atoms with Crippen molar-refractivity contribution in [2.75, 3.05) is 19.8 Å². The number of carbonyl (C=O) groups excluding carboxylic acids is 6. The van der Waals surface area contributed by atoms with Crippen molar-refractivity contribution in [1.82, 2.24) is 4.90 Å². The minimum absolute atomic E-state index is 0.0138. The molecule has 1 aromatic carbocycles. The van der Waals surface area contributed by atoms with Gasteiger partial charge < -0.3 is 28.4 Å². The zero-order chi connectivity index (χ0) is 29.6. The molecular formula is C27H31NO12. The first-order chi connectivity index (χ1) is 18.9. The summed E-state index contributed by atoms with van der Waals surface area (Å²) in [7, 11) is 0. The minimum Gasteiger partial charge on any atom is -0.463 e. The van der Waals surface area contributed by atoms with E-state index in [1.165, 1.54) is 6.92 Å². The lowest BCUT2D eigenvalue weighted by molar-refractivity contribution is -0.306. The van der Waals surface area contributed by atoms with E-state index in [0.29, 0.717) is 16.7 Å². The SMILES string of the molecule is CC(=O)OC[C@H]1O[C@@H](OC/C(C)=C/CN2C(=O)c3ccccc3C2=O)[C@H](OC(C)=O)[C@@H](OC(C)=O)[C@@H]1OC(C)=O. The van der Waals surface area contributed by atoms with E-state index in [0.717, 1.165) is 25.7 Å². The van der Waals surface area contributed by atoms with E-state index in [1.807, 2.05) is 0 Å². The van der Waals surface area contributed by atoms with E-state index in [1.54, 1.807) is 37.3 Å². The number of hydrogen-bond acceptors (Lipinski definition) is 12. The van der Waals surface area contributed by atoms with Crippen LogP contribution >= 0.6 is 0 Å². The third-order valence-electron chi connectivity index (χ3n) is 5.92. The molecule has 2 aliphatic rings. The van der Waals surface area contributed by atoms with Gasteiger partial charge in [0.2, 0.25) is 0 Å². The third kappa shape index (κ3) is 7.51. The van der Waals surface area contributed by atoms with Crippen molar-refractivity contribution in [3.05, 3.63) is 47.0 Å². The summed E-state index contributed by atoms with van der Waals surface area (Å²) in [4.78, 5) is 73.4. The van der Waals surface area contributed by atoms with Gasteiger partial charge in [-0.15, -0.1) is 0 Å². The molecule has 216 valence electrons. The number of rotatable bonds is 10. The van der Waals surface area contributed by atoms with Crippen LogP contribution in [0.25, 0.3) is 0 Å². The number of fused-ring (bicyclic) bond motifs is 1. The molecule has 0 saturated carbocycles. The van der Waals surface area contributed by atoms with E-state index in [9.17, 15) is 28.8 Å². The van der Waals surface area contributed by atoms with Gasteiger partial charge in [0.15, 0.2) is 24.6 Å². The molecule has 2 amide bonds. The fourth-order valence-corrected chi connectivity index (χ4v) is 4.25. The van der Waals surface area contributed by atoms with E-state index < -0.39 is 66.4 Å². The van der Waals surface area contributed by atoms with Crippen molar-refractivity contribution in [3.8, 4) is 0 Å². The second-order valence-corrected chi connectivity index (χ2v) is 9.20. The summed E-state index contributed by atoms with van der Waals surface area (Å²) in [5.74, 6) is -3.72. The Balaban J connectivity index is 1.79. The first kappa shape index (κ1) is 30.4. The average Bonchev–Trinajstić information content (AvgIpc) is 3.11. The summed E-state index contributed by atoms with van der Waals surface area (Å²) in [6.07, 6.45) is -4.88. The summed E-state index contributed by atoms with van der Waals surface area (Å²) >= 11 is 0. The van der Waals surface area contributed by atoms with Gasteiger partial charge in [-0.1, -0.05) is 18.2 Å². The van der Waals surface area contributed by atoms with Crippen molar-refractivity contribution in [2.24, 2.45) is 0 Å². The van der Waals surface area contributed by atoms with Gasteiger partial charge in [-0.3, -0.25) is 33.7 Å². The van der Waals surface area contributed by atoms with Crippen LogP contribution in [0.15, 0.2) is 35.9 Å². The molecule has 0 N–H and O–H groups in total. The molecule has 1 fully saturated rings. The van der Waals surface area contributed by atoms with Gasteiger partial charge in [0, 0.05) is 34.2 Å². The Bertz CT molecular complexity index is 1170. The number of carbonyl (C=O) groups is 6.